The van der Waals surface area contributed by atoms with Gasteiger partial charge in [-0.1, -0.05) is 6.92 Å². The fourth-order valence-corrected chi connectivity index (χ4v) is 3.70. The summed E-state index contributed by atoms with van der Waals surface area (Å²) in [6, 6.07) is 0. The summed E-state index contributed by atoms with van der Waals surface area (Å²) in [7, 11) is 4.52. The zero-order chi connectivity index (χ0) is 12.5. The van der Waals surface area contributed by atoms with Crippen molar-refractivity contribution in [3.63, 3.8) is 0 Å². The molecule has 0 spiro atoms. The van der Waals surface area contributed by atoms with Crippen molar-refractivity contribution in [2.45, 2.75) is 38.1 Å². The van der Waals surface area contributed by atoms with Gasteiger partial charge >= 0.3 is 0 Å². The highest BCUT2D eigenvalue weighted by Crippen LogP contribution is 2.41. The van der Waals surface area contributed by atoms with Gasteiger partial charge < -0.3 is 10.6 Å². The second-order valence-corrected chi connectivity index (χ2v) is 6.57. The van der Waals surface area contributed by atoms with E-state index in [9.17, 15) is 0 Å². The number of piperidine rings is 1. The molecule has 0 amide bonds. The van der Waals surface area contributed by atoms with Gasteiger partial charge in [0.1, 0.15) is 0 Å². The lowest BCUT2D eigenvalue weighted by atomic mass is 9.68. The van der Waals surface area contributed by atoms with Gasteiger partial charge in [-0.05, 0) is 64.7 Å². The van der Waals surface area contributed by atoms with Crippen LogP contribution in [0.4, 0.5) is 0 Å². The summed E-state index contributed by atoms with van der Waals surface area (Å²) in [6.07, 6.45) is 5.31. The minimum Gasteiger partial charge on any atom is -0.329 e. The number of likely N-dealkylation sites (N-methyl/N-ethyl adjacent to an activating group) is 1. The molecule has 1 saturated carbocycles. The second kappa shape index (κ2) is 5.25. The highest BCUT2D eigenvalue weighted by molar-refractivity contribution is 5.01. The van der Waals surface area contributed by atoms with Crippen molar-refractivity contribution in [1.29, 1.82) is 0 Å². The summed E-state index contributed by atoms with van der Waals surface area (Å²) in [5.41, 5.74) is 6.35. The predicted octanol–water partition coefficient (Wildman–Crippen LogP) is 1.39. The van der Waals surface area contributed by atoms with Crippen molar-refractivity contribution < 1.29 is 0 Å². The van der Waals surface area contributed by atoms with E-state index in [0.717, 1.165) is 18.4 Å². The molecule has 2 fully saturated rings. The lowest BCUT2D eigenvalue weighted by Crippen LogP contribution is -2.61. The summed E-state index contributed by atoms with van der Waals surface area (Å²) < 4.78 is 0. The summed E-state index contributed by atoms with van der Waals surface area (Å²) in [5.74, 6) is 1.76. The monoisotopic (exact) mass is 239 g/mol. The van der Waals surface area contributed by atoms with E-state index < -0.39 is 0 Å². The zero-order valence-electron chi connectivity index (χ0n) is 11.8. The van der Waals surface area contributed by atoms with E-state index in [0.29, 0.717) is 5.54 Å². The third-order valence-electron chi connectivity index (χ3n) is 5.02. The van der Waals surface area contributed by atoms with Crippen molar-refractivity contribution in [2.75, 3.05) is 40.3 Å². The Bertz CT molecular complexity index is 240. The summed E-state index contributed by atoms with van der Waals surface area (Å²) in [6.45, 7) is 6.96. The number of nitrogens with zero attached hydrogens (tertiary/aromatic N) is 2. The molecule has 1 aliphatic heterocycles. The molecule has 2 N–H and O–H groups in total. The lowest BCUT2D eigenvalue weighted by molar-refractivity contribution is -0.00893. The Kier molecular flexibility index (Phi) is 4.11. The topological polar surface area (TPSA) is 32.5 Å². The van der Waals surface area contributed by atoms with Gasteiger partial charge in [-0.15, -0.1) is 0 Å². The van der Waals surface area contributed by atoms with Gasteiger partial charge in [0, 0.05) is 18.6 Å². The summed E-state index contributed by atoms with van der Waals surface area (Å²) in [4.78, 5) is 5.02. The molecule has 1 aliphatic carbocycles. The van der Waals surface area contributed by atoms with Gasteiger partial charge in [0.2, 0.25) is 0 Å². The van der Waals surface area contributed by atoms with E-state index in [1.54, 1.807) is 0 Å². The maximum atomic E-state index is 6.01. The largest absolute Gasteiger partial charge is 0.329 e. The normalized spacial score (nSPS) is 36.2. The molecule has 0 aromatic rings. The first kappa shape index (κ1) is 13.3. The molecule has 3 heteroatoms. The zero-order valence-corrected chi connectivity index (χ0v) is 11.8. The Morgan fingerprint density at radius 3 is 2.35 bits per heavy atom. The fraction of sp³-hybridized carbons (Fsp3) is 1.00. The van der Waals surface area contributed by atoms with Crippen LogP contribution in [-0.2, 0) is 0 Å². The SMILES string of the molecule is CC1CC(CN)(N(C)CC2CCN(C)CC2)C1. The first-order valence-electron chi connectivity index (χ1n) is 7.15. The van der Waals surface area contributed by atoms with Crippen LogP contribution in [0.2, 0.25) is 0 Å². The molecule has 0 aromatic carbocycles. The van der Waals surface area contributed by atoms with E-state index in [4.69, 9.17) is 5.73 Å². The summed E-state index contributed by atoms with van der Waals surface area (Å²) >= 11 is 0. The summed E-state index contributed by atoms with van der Waals surface area (Å²) in [5, 5.41) is 0. The minimum absolute atomic E-state index is 0.336. The Morgan fingerprint density at radius 2 is 1.88 bits per heavy atom. The van der Waals surface area contributed by atoms with Gasteiger partial charge in [0.15, 0.2) is 0 Å². The van der Waals surface area contributed by atoms with Gasteiger partial charge in [0.25, 0.3) is 0 Å². The molecule has 100 valence electrons. The highest BCUT2D eigenvalue weighted by Gasteiger charge is 2.44. The van der Waals surface area contributed by atoms with Crippen LogP contribution >= 0.6 is 0 Å². The van der Waals surface area contributed by atoms with Gasteiger partial charge in [-0.3, -0.25) is 4.90 Å². The fourth-order valence-electron chi connectivity index (χ4n) is 3.70. The van der Waals surface area contributed by atoms with Crippen molar-refractivity contribution in [1.82, 2.24) is 9.80 Å². The van der Waals surface area contributed by atoms with Crippen LogP contribution in [0.5, 0.6) is 0 Å². The average molecular weight is 239 g/mol. The second-order valence-electron chi connectivity index (χ2n) is 6.57. The third kappa shape index (κ3) is 2.83. The molecular formula is C14H29N3. The maximum absolute atomic E-state index is 6.01. The molecular weight excluding hydrogens is 210 g/mol. The standard InChI is InChI=1S/C14H29N3/c1-12-8-14(9-12,11-15)17(3)10-13-4-6-16(2)7-5-13/h12-13H,4-11,15H2,1-3H3. The molecule has 3 nitrogen and oxygen atoms in total. The molecule has 2 rings (SSSR count). The molecule has 0 bridgehead atoms. The van der Waals surface area contributed by atoms with Crippen molar-refractivity contribution in [3.8, 4) is 0 Å². The van der Waals surface area contributed by atoms with Crippen molar-refractivity contribution in [3.05, 3.63) is 0 Å². The van der Waals surface area contributed by atoms with Crippen LogP contribution in [0.15, 0.2) is 0 Å². The van der Waals surface area contributed by atoms with E-state index in [1.165, 1.54) is 45.3 Å². The first-order valence-corrected chi connectivity index (χ1v) is 7.15. The minimum atomic E-state index is 0.336. The Hall–Kier alpha value is -0.120. The van der Waals surface area contributed by atoms with Crippen molar-refractivity contribution >= 4 is 0 Å². The molecule has 2 aliphatic rings. The number of rotatable bonds is 4. The Morgan fingerprint density at radius 1 is 1.29 bits per heavy atom. The maximum Gasteiger partial charge on any atom is 0.0333 e. The first-order chi connectivity index (χ1) is 8.05. The van der Waals surface area contributed by atoms with E-state index in [-0.39, 0.29) is 0 Å². The predicted molar refractivity (Wildman–Crippen MR) is 73.0 cm³/mol. The van der Waals surface area contributed by atoms with E-state index in [2.05, 4.69) is 30.8 Å². The number of nitrogens with two attached hydrogens (primary N) is 1. The van der Waals surface area contributed by atoms with Crippen LogP contribution in [-0.4, -0.2) is 55.6 Å². The smallest absolute Gasteiger partial charge is 0.0333 e. The van der Waals surface area contributed by atoms with Gasteiger partial charge in [-0.25, -0.2) is 0 Å². The number of likely N-dealkylation sites (tertiary alicyclic amines) is 1. The van der Waals surface area contributed by atoms with Crippen LogP contribution in [0, 0.1) is 11.8 Å². The van der Waals surface area contributed by atoms with E-state index >= 15 is 0 Å². The van der Waals surface area contributed by atoms with Crippen LogP contribution in [0.1, 0.15) is 32.6 Å². The molecule has 0 atom stereocenters. The van der Waals surface area contributed by atoms with Gasteiger partial charge in [-0.2, -0.15) is 0 Å². The lowest BCUT2D eigenvalue weighted by Gasteiger charge is -2.53. The molecule has 1 heterocycles. The highest BCUT2D eigenvalue weighted by atomic mass is 15.2. The molecule has 0 aromatic heterocycles. The molecule has 0 radical (unpaired) electrons. The average Bonchev–Trinajstić information content (AvgIpc) is 2.27. The van der Waals surface area contributed by atoms with Crippen LogP contribution < -0.4 is 5.73 Å². The molecule has 1 saturated heterocycles. The quantitative estimate of drug-likeness (QED) is 0.804. The Balaban J connectivity index is 1.82. The van der Waals surface area contributed by atoms with Crippen LogP contribution in [0.3, 0.4) is 0 Å². The molecule has 17 heavy (non-hydrogen) atoms. The number of hydrogen-bond acceptors (Lipinski definition) is 3. The van der Waals surface area contributed by atoms with E-state index in [1.807, 2.05) is 0 Å². The van der Waals surface area contributed by atoms with Crippen molar-refractivity contribution in [2.24, 2.45) is 17.6 Å². The Labute approximate surface area is 106 Å². The van der Waals surface area contributed by atoms with Crippen LogP contribution in [0.25, 0.3) is 0 Å². The van der Waals surface area contributed by atoms with Gasteiger partial charge in [0.05, 0.1) is 0 Å². The number of hydrogen-bond donors (Lipinski definition) is 1. The third-order valence-corrected chi connectivity index (χ3v) is 5.02. The molecule has 0 unspecified atom stereocenters.